The molecule has 1 aliphatic rings. The summed E-state index contributed by atoms with van der Waals surface area (Å²) in [7, 11) is 0. The van der Waals surface area contributed by atoms with E-state index in [4.69, 9.17) is 4.42 Å². The third-order valence-electron chi connectivity index (χ3n) is 4.44. The quantitative estimate of drug-likeness (QED) is 0.776. The Hall–Kier alpha value is -3.09. The predicted molar refractivity (Wildman–Crippen MR) is 91.4 cm³/mol. The molecule has 3 aromatic rings. The lowest BCUT2D eigenvalue weighted by molar-refractivity contribution is 0.0742. The zero-order valence-corrected chi connectivity index (χ0v) is 13.4. The van der Waals surface area contributed by atoms with Gasteiger partial charge < -0.3 is 14.2 Å². The lowest BCUT2D eigenvalue weighted by Gasteiger charge is -2.36. The smallest absolute Gasteiger partial charge is 0.406 e. The number of aromatic amines is 1. The molecular weight excluding hydrogens is 325 g/mol. The molecule has 0 aliphatic carbocycles. The molecule has 0 bridgehead atoms. The van der Waals surface area contributed by atoms with Crippen LogP contribution >= 0.6 is 0 Å². The maximum absolute atomic E-state index is 13.8. The molecule has 128 valence electrons. The number of hydrogen-bond acceptors (Lipinski definition) is 4. The third-order valence-corrected chi connectivity index (χ3v) is 4.44. The Morgan fingerprint density at radius 2 is 1.80 bits per heavy atom. The van der Waals surface area contributed by atoms with Gasteiger partial charge in [-0.15, -0.1) is 0 Å². The van der Waals surface area contributed by atoms with E-state index >= 15 is 0 Å². The molecule has 1 N–H and O–H groups in total. The molecule has 0 spiro atoms. The van der Waals surface area contributed by atoms with E-state index < -0.39 is 11.6 Å². The Balaban J connectivity index is 1.52. The van der Waals surface area contributed by atoms with Crippen LogP contribution in [0.4, 0.5) is 10.1 Å². The molecule has 4 rings (SSSR count). The van der Waals surface area contributed by atoms with Crippen molar-refractivity contribution in [1.29, 1.82) is 0 Å². The second-order valence-electron chi connectivity index (χ2n) is 5.93. The second-order valence-corrected chi connectivity index (χ2v) is 5.93. The summed E-state index contributed by atoms with van der Waals surface area (Å²) < 4.78 is 19.0. The Kier molecular flexibility index (Phi) is 3.76. The highest BCUT2D eigenvalue weighted by atomic mass is 19.1. The summed E-state index contributed by atoms with van der Waals surface area (Å²) in [6.07, 6.45) is 0. The number of rotatable bonds is 2. The van der Waals surface area contributed by atoms with Gasteiger partial charge in [0.2, 0.25) is 0 Å². The number of nitrogens with one attached hydrogen (secondary N) is 1. The number of carbonyl (C=O) groups is 1. The molecule has 25 heavy (non-hydrogen) atoms. The summed E-state index contributed by atoms with van der Waals surface area (Å²) in [5, 5.41) is 0. The van der Waals surface area contributed by atoms with E-state index in [-0.39, 0.29) is 11.5 Å². The molecule has 0 saturated carbocycles. The van der Waals surface area contributed by atoms with Crippen LogP contribution in [0.15, 0.2) is 51.7 Å². The number of para-hydroxylation sites is 1. The molecule has 0 radical (unpaired) electrons. The average Bonchev–Trinajstić information content (AvgIpc) is 3.02. The van der Waals surface area contributed by atoms with Crippen molar-refractivity contribution < 1.29 is 13.6 Å². The molecule has 1 saturated heterocycles. The number of anilines is 1. The van der Waals surface area contributed by atoms with Crippen LogP contribution in [0.5, 0.6) is 0 Å². The van der Waals surface area contributed by atoms with Gasteiger partial charge in [-0.3, -0.25) is 9.78 Å². The fourth-order valence-corrected chi connectivity index (χ4v) is 3.16. The van der Waals surface area contributed by atoms with Crippen LogP contribution in [0.25, 0.3) is 11.1 Å². The highest BCUT2D eigenvalue weighted by Crippen LogP contribution is 2.26. The molecule has 2 aromatic carbocycles. The minimum atomic E-state index is -0.506. The number of H-pyrrole nitrogens is 1. The molecular formula is C18H16FN3O3. The van der Waals surface area contributed by atoms with E-state index in [2.05, 4.69) is 9.88 Å². The van der Waals surface area contributed by atoms with Crippen LogP contribution in [-0.2, 0) is 0 Å². The highest BCUT2D eigenvalue weighted by Gasteiger charge is 2.25. The van der Waals surface area contributed by atoms with Crippen LogP contribution in [0.2, 0.25) is 0 Å². The molecule has 6 nitrogen and oxygen atoms in total. The SMILES string of the molecule is O=C(c1ccccc1F)N1CCN(c2cccc3[nH]c(=O)oc23)CC1. The van der Waals surface area contributed by atoms with Gasteiger partial charge >= 0.3 is 5.76 Å². The number of carbonyl (C=O) groups excluding carboxylic acids is 1. The Labute approximate surface area is 142 Å². The van der Waals surface area contributed by atoms with Crippen molar-refractivity contribution in [3.63, 3.8) is 0 Å². The molecule has 1 fully saturated rings. The molecule has 7 heteroatoms. The van der Waals surface area contributed by atoms with Gasteiger partial charge in [-0.25, -0.2) is 9.18 Å². The average molecular weight is 341 g/mol. The first-order chi connectivity index (χ1) is 12.1. The summed E-state index contributed by atoms with van der Waals surface area (Å²) in [5.41, 5.74) is 2.07. The number of nitrogens with zero attached hydrogens (tertiary/aromatic N) is 2. The molecule has 0 atom stereocenters. The van der Waals surface area contributed by atoms with Crippen molar-refractivity contribution in [2.24, 2.45) is 0 Å². The second kappa shape index (κ2) is 6.08. The number of benzene rings is 2. The first kappa shape index (κ1) is 15.4. The first-order valence-electron chi connectivity index (χ1n) is 8.04. The van der Waals surface area contributed by atoms with E-state index in [1.165, 1.54) is 12.1 Å². The van der Waals surface area contributed by atoms with Crippen LogP contribution in [0.3, 0.4) is 0 Å². The van der Waals surface area contributed by atoms with E-state index in [0.29, 0.717) is 37.3 Å². The number of aromatic nitrogens is 1. The number of oxazole rings is 1. The summed E-state index contributed by atoms with van der Waals surface area (Å²) in [6, 6.07) is 11.5. The number of piperazine rings is 1. The van der Waals surface area contributed by atoms with Gasteiger partial charge in [-0.05, 0) is 24.3 Å². The summed E-state index contributed by atoms with van der Waals surface area (Å²) >= 11 is 0. The fraction of sp³-hybridized carbons (Fsp3) is 0.222. The lowest BCUT2D eigenvalue weighted by atomic mass is 10.1. The summed E-state index contributed by atoms with van der Waals surface area (Å²) in [4.78, 5) is 30.2. The normalized spacial score (nSPS) is 14.9. The number of amides is 1. The van der Waals surface area contributed by atoms with Gasteiger partial charge in [0.1, 0.15) is 5.82 Å². The van der Waals surface area contributed by atoms with Gasteiger partial charge in [-0.2, -0.15) is 0 Å². The van der Waals surface area contributed by atoms with Crippen molar-refractivity contribution in [2.45, 2.75) is 0 Å². The van der Waals surface area contributed by atoms with Crippen molar-refractivity contribution in [2.75, 3.05) is 31.1 Å². The monoisotopic (exact) mass is 341 g/mol. The van der Waals surface area contributed by atoms with Crippen molar-refractivity contribution >= 4 is 22.7 Å². The number of fused-ring (bicyclic) bond motifs is 1. The van der Waals surface area contributed by atoms with E-state index in [9.17, 15) is 14.0 Å². The molecule has 1 aromatic heterocycles. The minimum Gasteiger partial charge on any atom is -0.406 e. The van der Waals surface area contributed by atoms with E-state index in [1.54, 1.807) is 23.1 Å². The van der Waals surface area contributed by atoms with Crippen LogP contribution < -0.4 is 10.7 Å². The lowest BCUT2D eigenvalue weighted by Crippen LogP contribution is -2.49. The van der Waals surface area contributed by atoms with Crippen LogP contribution in [-0.4, -0.2) is 42.0 Å². The van der Waals surface area contributed by atoms with Gasteiger partial charge in [-0.1, -0.05) is 18.2 Å². The molecule has 1 amide bonds. The predicted octanol–water partition coefficient (Wildman–Crippen LogP) is 2.22. The van der Waals surface area contributed by atoms with Crippen molar-refractivity contribution in [1.82, 2.24) is 9.88 Å². The number of halogens is 1. The van der Waals surface area contributed by atoms with Gasteiger partial charge in [0.05, 0.1) is 16.8 Å². The first-order valence-corrected chi connectivity index (χ1v) is 8.04. The third kappa shape index (κ3) is 2.77. The molecule has 2 heterocycles. The topological polar surface area (TPSA) is 69.6 Å². The van der Waals surface area contributed by atoms with Crippen molar-refractivity contribution in [3.8, 4) is 0 Å². The van der Waals surface area contributed by atoms with E-state index in [0.717, 1.165) is 5.69 Å². The zero-order valence-electron chi connectivity index (χ0n) is 13.4. The number of hydrogen-bond donors (Lipinski definition) is 1. The van der Waals surface area contributed by atoms with Crippen LogP contribution in [0.1, 0.15) is 10.4 Å². The van der Waals surface area contributed by atoms with Gasteiger partial charge in [0.15, 0.2) is 5.58 Å². The fourth-order valence-electron chi connectivity index (χ4n) is 3.16. The molecule has 1 aliphatic heterocycles. The van der Waals surface area contributed by atoms with E-state index in [1.807, 2.05) is 12.1 Å². The maximum Gasteiger partial charge on any atom is 0.417 e. The van der Waals surface area contributed by atoms with Gasteiger partial charge in [0.25, 0.3) is 5.91 Å². The van der Waals surface area contributed by atoms with Crippen molar-refractivity contribution in [3.05, 3.63) is 64.4 Å². The maximum atomic E-state index is 13.8. The minimum absolute atomic E-state index is 0.0923. The Morgan fingerprint density at radius 3 is 2.56 bits per heavy atom. The zero-order chi connectivity index (χ0) is 17.4. The summed E-state index contributed by atoms with van der Waals surface area (Å²) in [6.45, 7) is 2.10. The largest absolute Gasteiger partial charge is 0.417 e. The Morgan fingerprint density at radius 1 is 1.04 bits per heavy atom. The molecule has 0 unspecified atom stereocenters. The van der Waals surface area contributed by atoms with Gasteiger partial charge in [0, 0.05) is 26.2 Å². The Bertz CT molecular complexity index is 986. The van der Waals surface area contributed by atoms with Crippen LogP contribution in [0, 0.1) is 5.82 Å². The highest BCUT2D eigenvalue weighted by molar-refractivity contribution is 5.94. The standard InChI is InChI=1S/C18H16FN3O3/c19-13-5-2-1-4-12(13)17(23)22-10-8-21(9-11-22)15-7-3-6-14-16(15)25-18(24)20-14/h1-7H,8-11H2,(H,20,24). The summed E-state index contributed by atoms with van der Waals surface area (Å²) in [5.74, 6) is -1.30.